The molecule has 0 aliphatic rings. The van der Waals surface area contributed by atoms with E-state index in [1.165, 1.54) is 78.9 Å². The van der Waals surface area contributed by atoms with Crippen molar-refractivity contribution >= 4 is 159 Å². The highest BCUT2D eigenvalue weighted by atomic mass is 32.1. The van der Waals surface area contributed by atoms with Crippen LogP contribution in [0.5, 0.6) is 5.75 Å². The molecule has 123 heavy (non-hydrogen) atoms. The number of carbonyl (C=O) groups excluding carboxylic acids is 18. The fraction of sp³-hybridized carbons (Fsp3) is 0.463. The molecule has 1 heterocycles. The number of carbonyl (C=O) groups is 19. The Kier molecular flexibility index (Phi) is 37.8. The number of aliphatic hydroxyl groups excluding tert-OH is 1. The van der Waals surface area contributed by atoms with Crippen molar-refractivity contribution in [1.29, 1.82) is 0 Å². The maximum Gasteiger partial charge on any atom is 0.303 e. The number of aromatic nitrogens is 1. The minimum atomic E-state index is -2.14. The van der Waals surface area contributed by atoms with Crippen LogP contribution in [0.3, 0.4) is 0 Å². The van der Waals surface area contributed by atoms with Crippen LogP contribution in [0.2, 0.25) is 0 Å². The molecule has 0 unspecified atom stereocenters. The Morgan fingerprint density at radius 2 is 0.886 bits per heavy atom. The van der Waals surface area contributed by atoms with Gasteiger partial charge in [-0.05, 0) is 113 Å². The number of H-pyrrole nitrogens is 1. The number of ether oxygens (including phenoxy) is 1. The van der Waals surface area contributed by atoms with E-state index in [4.69, 9.17) is 46.0 Å². The second-order valence-electron chi connectivity index (χ2n) is 31.0. The lowest BCUT2D eigenvalue weighted by Gasteiger charge is -2.33. The fourth-order valence-electron chi connectivity index (χ4n) is 12.5. The Labute approximate surface area is 717 Å². The first kappa shape index (κ1) is 101. The van der Waals surface area contributed by atoms with Crippen molar-refractivity contribution in [3.8, 4) is 5.75 Å². The summed E-state index contributed by atoms with van der Waals surface area (Å²) in [6, 6.07) is 5.59. The summed E-state index contributed by atoms with van der Waals surface area (Å²) in [5.41, 5.74) is 26.6. The molecular formula is C80H109N19O22S2. The van der Waals surface area contributed by atoms with Crippen molar-refractivity contribution in [2.45, 2.75) is 221 Å². The maximum atomic E-state index is 15.5. The average Bonchev–Trinajstić information content (AvgIpc) is 1.76. The molecule has 18 amide bonds. The van der Waals surface area contributed by atoms with E-state index in [2.05, 4.69) is 86.7 Å². The molecule has 12 atom stereocenters. The van der Waals surface area contributed by atoms with Crippen LogP contribution in [-0.2, 0) is 110 Å². The molecule has 0 fully saturated rings. The number of rotatable bonds is 50. The summed E-state index contributed by atoms with van der Waals surface area (Å²) in [6.07, 6.45) is -6.82. The van der Waals surface area contributed by atoms with Gasteiger partial charge in [0.25, 0.3) is 0 Å². The lowest BCUT2D eigenvalue weighted by Crippen LogP contribution is -2.64. The fourth-order valence-corrected chi connectivity index (χ4v) is 12.8. The maximum absolute atomic E-state index is 15.5. The van der Waals surface area contributed by atoms with Crippen LogP contribution in [-0.4, -0.2) is 228 Å². The normalized spacial score (nSPS) is 14.4. The van der Waals surface area contributed by atoms with Crippen LogP contribution in [0, 0.1) is 0 Å². The first-order valence-corrected chi connectivity index (χ1v) is 39.7. The number of carboxylic acid groups (broad SMARTS) is 1. The zero-order chi connectivity index (χ0) is 92.1. The number of aliphatic carboxylic acids is 1. The highest BCUT2D eigenvalue weighted by Crippen LogP contribution is 2.25. The standard InChI is InChI=1S/C80H109N19O22S2/c1-39(100)63(97-68(111)50(24-27-58(81)103)90-75(118)64(79(6,7)122)88-41(3)102)74(117)94-56(35-46-38-87-49-17-13-12-16-48(46)49)71(114)89-51(25-28-59(82)104)69(112)98-65(80(8,9)123)76(119)95-54(33-42-19-22-47(23-20-42)121-31-30-86-40(2)101)70(113)92-55(34-43-18-21-44-14-10-11-15-45(44)32-43)73(116)99-78(4,5)77(120)96-52(26-29-62(107)108)67(110)93-57(37-61(84)106)72(115)91-53(66(85)109)36-60(83)105/h10-23,32,38-39,50-57,63-65,87,100,122-123H,24-31,33-37H2,1-9H3,(H2,81,103)(H2,82,104)(H2,83,105)(H2,84,106)(H2,85,109)(H,86,101)(H,88,102)(H,89,114)(H,90,118)(H,91,115)(H,92,113)(H,93,110)(H,94,117)(H,95,119)(H,96,120)(H,97,111)(H,98,112)(H,99,116)(H,107,108)/t39-,50+,51+,52+,53+,54+,55+,56+,57+,63+,64-,65-/m1/s1. The van der Waals surface area contributed by atoms with Crippen LogP contribution in [0.15, 0.2) is 97.2 Å². The predicted octanol–water partition coefficient (Wildman–Crippen LogP) is -4.46. The Bertz CT molecular complexity index is 4740. The lowest BCUT2D eigenvalue weighted by atomic mass is 9.97. The molecule has 0 spiro atoms. The zero-order valence-electron chi connectivity index (χ0n) is 69.2. The van der Waals surface area contributed by atoms with Crippen LogP contribution in [0.4, 0.5) is 0 Å². The number of fused-ring (bicyclic) bond motifs is 2. The molecule has 5 aromatic rings. The highest BCUT2D eigenvalue weighted by Gasteiger charge is 2.43. The number of primary amides is 5. The van der Waals surface area contributed by atoms with Gasteiger partial charge in [-0.1, -0.05) is 72.8 Å². The summed E-state index contributed by atoms with van der Waals surface area (Å²) in [5, 5.41) is 54.9. The molecule has 1 aromatic heterocycles. The summed E-state index contributed by atoms with van der Waals surface area (Å²) in [6.45, 7) is 11.8. The highest BCUT2D eigenvalue weighted by molar-refractivity contribution is 7.82. The van der Waals surface area contributed by atoms with E-state index in [0.29, 0.717) is 38.7 Å². The van der Waals surface area contributed by atoms with Crippen molar-refractivity contribution < 1.29 is 106 Å². The molecule has 41 nitrogen and oxygen atoms in total. The third kappa shape index (κ3) is 33.2. The van der Waals surface area contributed by atoms with E-state index in [1.807, 2.05) is 0 Å². The summed E-state index contributed by atoms with van der Waals surface area (Å²) >= 11 is 9.14. The number of nitrogens with one attached hydrogen (secondary N) is 14. The third-order valence-electron chi connectivity index (χ3n) is 19.0. The van der Waals surface area contributed by atoms with Crippen LogP contribution in [0.25, 0.3) is 21.7 Å². The van der Waals surface area contributed by atoms with Gasteiger partial charge in [-0.25, -0.2) is 0 Å². The number of aliphatic hydroxyl groups is 1. The van der Waals surface area contributed by atoms with E-state index in [9.17, 15) is 77.3 Å². The molecule has 0 saturated carbocycles. The topological polar surface area (TPSA) is 676 Å². The van der Waals surface area contributed by atoms with Crippen molar-refractivity contribution in [2.75, 3.05) is 13.2 Å². The second-order valence-corrected chi connectivity index (χ2v) is 33.3. The van der Waals surface area contributed by atoms with Crippen molar-refractivity contribution in [3.05, 3.63) is 114 Å². The van der Waals surface area contributed by atoms with Gasteiger partial charge in [-0.3, -0.25) is 91.1 Å². The molecule has 4 aromatic carbocycles. The smallest absolute Gasteiger partial charge is 0.303 e. The predicted molar refractivity (Wildman–Crippen MR) is 451 cm³/mol. The van der Waals surface area contributed by atoms with Gasteiger partial charge >= 0.3 is 5.97 Å². The minimum Gasteiger partial charge on any atom is -0.492 e. The minimum absolute atomic E-state index is 0.0316. The van der Waals surface area contributed by atoms with Crippen LogP contribution < -0.4 is 103 Å². The monoisotopic (exact) mass is 1750 g/mol. The third-order valence-corrected chi connectivity index (χ3v) is 19.5. The van der Waals surface area contributed by atoms with Gasteiger partial charge < -0.3 is 118 Å². The van der Waals surface area contributed by atoms with E-state index in [0.717, 1.165) is 19.2 Å². The number of amides is 18. The van der Waals surface area contributed by atoms with Gasteiger partial charge in [0.15, 0.2) is 0 Å². The van der Waals surface area contributed by atoms with E-state index >= 15 is 24.0 Å². The SMILES string of the molecule is CC(=O)NCCOc1ccc(C[C@H](NC(=O)[C@@H](NC(=O)[C@H](CCC(N)=O)NC(=O)[C@H](Cc2c[nH]c3ccccc23)NC(=O)[C@@H](NC(=O)[C@H](CCC(N)=O)NC(=O)[C@@H](NC(C)=O)C(C)(C)S)[C@@H](C)O)C(C)(C)S)C(=O)N[C@@H](Cc2ccc3ccccc3c2)C(=O)NC(C)(C)C(=O)N[C@@H](CCC(=O)O)C(=O)N[C@@H](CC(N)=O)C(=O)N[C@@H](CC(N)=O)C(N)=O)cc1. The molecule has 0 aliphatic heterocycles. The molecule has 5 rings (SSSR count). The van der Waals surface area contributed by atoms with Gasteiger partial charge in [0.2, 0.25) is 106 Å². The molecule has 0 aliphatic carbocycles. The summed E-state index contributed by atoms with van der Waals surface area (Å²) in [4.78, 5) is 260. The number of aromatic amines is 1. The quantitative estimate of drug-likeness (QED) is 0.0129. The van der Waals surface area contributed by atoms with Crippen LogP contribution in [0.1, 0.15) is 130 Å². The Hall–Kier alpha value is -12.9. The van der Waals surface area contributed by atoms with Crippen molar-refractivity contribution in [3.63, 3.8) is 0 Å². The number of hydrogen-bond acceptors (Lipinski definition) is 23. The number of thiol groups is 2. The van der Waals surface area contributed by atoms with Crippen molar-refractivity contribution in [1.82, 2.24) is 74.1 Å². The molecule has 0 radical (unpaired) electrons. The summed E-state index contributed by atoms with van der Waals surface area (Å²) < 4.78 is 2.89. The largest absolute Gasteiger partial charge is 0.492 e. The molecule has 26 N–H and O–H groups in total. The Morgan fingerprint density at radius 1 is 0.447 bits per heavy atom. The van der Waals surface area contributed by atoms with Gasteiger partial charge in [0, 0.05) is 79.0 Å². The van der Waals surface area contributed by atoms with Crippen LogP contribution >= 0.6 is 25.3 Å². The molecule has 43 heteroatoms. The Balaban J connectivity index is 1.55. The second kappa shape index (κ2) is 46.2. The molecular weight excluding hydrogens is 1640 g/mol. The molecule has 0 bridgehead atoms. The average molecular weight is 1750 g/mol. The first-order valence-electron chi connectivity index (χ1n) is 38.8. The number of nitrogens with two attached hydrogens (primary N) is 5. The van der Waals surface area contributed by atoms with Gasteiger partial charge in [0.1, 0.15) is 84.4 Å². The van der Waals surface area contributed by atoms with E-state index < -0.39 is 258 Å². The summed E-state index contributed by atoms with van der Waals surface area (Å²) in [7, 11) is 0. The lowest BCUT2D eigenvalue weighted by molar-refractivity contribution is -0.139. The van der Waals surface area contributed by atoms with E-state index in [-0.39, 0.29) is 25.5 Å². The molecule has 0 saturated heterocycles. The summed E-state index contributed by atoms with van der Waals surface area (Å²) in [5.74, 6) is -20.2. The van der Waals surface area contributed by atoms with Gasteiger partial charge in [-0.2, -0.15) is 25.3 Å². The number of benzene rings is 4. The number of carboxylic acids is 1. The first-order chi connectivity index (χ1) is 57.4. The number of hydrogen-bond donors (Lipinski definition) is 23. The van der Waals surface area contributed by atoms with Crippen molar-refractivity contribution in [2.24, 2.45) is 28.7 Å². The molecule has 668 valence electrons. The zero-order valence-corrected chi connectivity index (χ0v) is 71.0. The number of para-hydroxylation sites is 1. The van der Waals surface area contributed by atoms with Gasteiger partial charge in [0.05, 0.1) is 25.5 Å². The van der Waals surface area contributed by atoms with Gasteiger partial charge in [-0.15, -0.1) is 0 Å². The van der Waals surface area contributed by atoms with E-state index in [1.54, 1.807) is 66.7 Å². The Morgan fingerprint density at radius 3 is 1.43 bits per heavy atom.